The molecule has 0 aliphatic heterocycles. The third-order valence-electron chi connectivity index (χ3n) is 3.78. The first kappa shape index (κ1) is 14.8. The molecule has 4 aromatic rings. The maximum absolute atomic E-state index is 12.9. The molecular formula is C19H14FN3S. The number of benzene rings is 2. The van der Waals surface area contributed by atoms with E-state index in [9.17, 15) is 4.39 Å². The van der Waals surface area contributed by atoms with Crippen molar-refractivity contribution in [2.45, 2.75) is 6.92 Å². The molecular weight excluding hydrogens is 321 g/mol. The number of aromatic nitrogens is 3. The van der Waals surface area contributed by atoms with Gasteiger partial charge in [-0.25, -0.2) is 8.91 Å². The lowest BCUT2D eigenvalue weighted by atomic mass is 10.2. The van der Waals surface area contributed by atoms with Crippen LogP contribution >= 0.6 is 11.3 Å². The Balaban J connectivity index is 1.67. The summed E-state index contributed by atoms with van der Waals surface area (Å²) in [7, 11) is 0. The molecule has 2 aromatic heterocycles. The van der Waals surface area contributed by atoms with E-state index in [4.69, 9.17) is 0 Å². The van der Waals surface area contributed by atoms with Crippen LogP contribution in [0.3, 0.4) is 0 Å². The lowest BCUT2D eigenvalue weighted by molar-refractivity contribution is 0.628. The van der Waals surface area contributed by atoms with Crippen LogP contribution < -0.4 is 0 Å². The van der Waals surface area contributed by atoms with Gasteiger partial charge in [-0.3, -0.25) is 0 Å². The maximum Gasteiger partial charge on any atom is 0.213 e. The predicted molar refractivity (Wildman–Crippen MR) is 96.4 cm³/mol. The van der Waals surface area contributed by atoms with Crippen molar-refractivity contribution in [3.8, 4) is 11.4 Å². The van der Waals surface area contributed by atoms with Crippen LogP contribution in [0.4, 0.5) is 4.39 Å². The average Bonchev–Trinajstić information content (AvgIpc) is 3.15. The van der Waals surface area contributed by atoms with E-state index in [1.807, 2.05) is 53.9 Å². The summed E-state index contributed by atoms with van der Waals surface area (Å²) in [5.74, 6) is 0.509. The average molecular weight is 335 g/mol. The van der Waals surface area contributed by atoms with Crippen molar-refractivity contribution < 1.29 is 4.39 Å². The molecule has 0 amide bonds. The summed E-state index contributed by atoms with van der Waals surface area (Å²) in [6.07, 6.45) is 3.99. The van der Waals surface area contributed by atoms with Crippen molar-refractivity contribution in [2.75, 3.05) is 0 Å². The van der Waals surface area contributed by atoms with Gasteiger partial charge in [0.15, 0.2) is 5.82 Å². The Morgan fingerprint density at radius 3 is 2.46 bits per heavy atom. The molecule has 0 saturated carbocycles. The van der Waals surface area contributed by atoms with Gasteiger partial charge < -0.3 is 0 Å². The van der Waals surface area contributed by atoms with E-state index in [0.29, 0.717) is 0 Å². The van der Waals surface area contributed by atoms with Gasteiger partial charge in [-0.2, -0.15) is 4.98 Å². The molecule has 2 aromatic carbocycles. The van der Waals surface area contributed by atoms with Gasteiger partial charge in [-0.15, -0.1) is 5.10 Å². The molecule has 0 aliphatic carbocycles. The molecule has 0 saturated heterocycles. The second kappa shape index (κ2) is 6.02. The number of nitrogens with zero attached hydrogens (tertiary/aromatic N) is 3. The Morgan fingerprint density at radius 1 is 1.00 bits per heavy atom. The Hall–Kier alpha value is -2.79. The van der Waals surface area contributed by atoms with Gasteiger partial charge in [0.25, 0.3) is 0 Å². The number of hydrogen-bond acceptors (Lipinski definition) is 3. The molecule has 0 N–H and O–H groups in total. The standard InChI is InChI=1S/C19H14FN3S/c1-13-17(12-9-14-7-10-16(20)11-8-14)24-19-21-18(22-23(13)19)15-5-3-2-4-6-15/h2-12H,1H3/b12-9+. The summed E-state index contributed by atoms with van der Waals surface area (Å²) in [4.78, 5) is 6.58. The fourth-order valence-corrected chi connectivity index (χ4v) is 3.43. The fraction of sp³-hybridized carbons (Fsp3) is 0.0526. The molecule has 5 heteroatoms. The van der Waals surface area contributed by atoms with Crippen LogP contribution in [0.5, 0.6) is 0 Å². The summed E-state index contributed by atoms with van der Waals surface area (Å²) in [5.41, 5.74) is 3.01. The van der Waals surface area contributed by atoms with Crippen molar-refractivity contribution in [1.29, 1.82) is 0 Å². The van der Waals surface area contributed by atoms with Crippen molar-refractivity contribution >= 4 is 28.4 Å². The zero-order chi connectivity index (χ0) is 16.5. The second-order valence-electron chi connectivity index (χ2n) is 5.43. The minimum Gasteiger partial charge on any atom is -0.207 e. The number of rotatable bonds is 3. The molecule has 0 spiro atoms. The number of fused-ring (bicyclic) bond motifs is 1. The van der Waals surface area contributed by atoms with Gasteiger partial charge in [-0.1, -0.05) is 59.9 Å². The summed E-state index contributed by atoms with van der Waals surface area (Å²) in [5, 5.41) is 4.60. The van der Waals surface area contributed by atoms with E-state index in [0.717, 1.165) is 32.5 Å². The molecule has 3 nitrogen and oxygen atoms in total. The van der Waals surface area contributed by atoms with Crippen LogP contribution in [-0.4, -0.2) is 14.6 Å². The van der Waals surface area contributed by atoms with E-state index in [1.54, 1.807) is 23.5 Å². The fourth-order valence-electron chi connectivity index (χ4n) is 2.47. The lowest BCUT2D eigenvalue weighted by Gasteiger charge is -1.95. The number of halogens is 1. The molecule has 0 bridgehead atoms. The number of hydrogen-bond donors (Lipinski definition) is 0. The van der Waals surface area contributed by atoms with Crippen molar-refractivity contribution in [3.63, 3.8) is 0 Å². The van der Waals surface area contributed by atoms with Crippen LogP contribution in [0.15, 0.2) is 54.6 Å². The van der Waals surface area contributed by atoms with Gasteiger partial charge in [0, 0.05) is 5.56 Å². The number of thiazole rings is 1. The van der Waals surface area contributed by atoms with Gasteiger partial charge in [0.1, 0.15) is 5.82 Å². The third-order valence-corrected chi connectivity index (χ3v) is 4.88. The van der Waals surface area contributed by atoms with Crippen LogP contribution in [0.25, 0.3) is 28.5 Å². The minimum absolute atomic E-state index is 0.226. The van der Waals surface area contributed by atoms with Crippen LogP contribution in [0.1, 0.15) is 16.1 Å². The lowest BCUT2D eigenvalue weighted by Crippen LogP contribution is -1.89. The molecule has 118 valence electrons. The molecule has 0 unspecified atom stereocenters. The topological polar surface area (TPSA) is 30.2 Å². The van der Waals surface area contributed by atoms with Gasteiger partial charge in [0.2, 0.25) is 4.96 Å². The quantitative estimate of drug-likeness (QED) is 0.523. The van der Waals surface area contributed by atoms with Crippen LogP contribution in [-0.2, 0) is 0 Å². The summed E-state index contributed by atoms with van der Waals surface area (Å²) in [6.45, 7) is 2.03. The van der Waals surface area contributed by atoms with Gasteiger partial charge in [-0.05, 0) is 30.7 Å². The first-order valence-electron chi connectivity index (χ1n) is 7.56. The molecule has 0 atom stereocenters. The molecule has 2 heterocycles. The van der Waals surface area contributed by atoms with E-state index in [2.05, 4.69) is 10.1 Å². The molecule has 4 rings (SSSR count). The van der Waals surface area contributed by atoms with Gasteiger partial charge in [0.05, 0.1) is 10.6 Å². The minimum atomic E-state index is -0.226. The number of aryl methyl sites for hydroxylation is 1. The van der Waals surface area contributed by atoms with E-state index < -0.39 is 0 Å². The Labute approximate surface area is 142 Å². The first-order chi connectivity index (χ1) is 11.7. The monoisotopic (exact) mass is 335 g/mol. The molecule has 0 fully saturated rings. The van der Waals surface area contributed by atoms with Crippen molar-refractivity contribution in [3.05, 3.63) is 76.5 Å². The predicted octanol–water partition coefficient (Wildman–Crippen LogP) is 5.08. The Kier molecular flexibility index (Phi) is 3.70. The summed E-state index contributed by atoms with van der Waals surface area (Å²) in [6, 6.07) is 16.4. The highest BCUT2D eigenvalue weighted by molar-refractivity contribution is 7.18. The highest BCUT2D eigenvalue weighted by Gasteiger charge is 2.12. The van der Waals surface area contributed by atoms with Crippen molar-refractivity contribution in [2.24, 2.45) is 0 Å². The normalized spacial score (nSPS) is 11.6. The van der Waals surface area contributed by atoms with E-state index in [1.165, 1.54) is 12.1 Å². The zero-order valence-electron chi connectivity index (χ0n) is 13.0. The summed E-state index contributed by atoms with van der Waals surface area (Å²) >= 11 is 1.59. The Morgan fingerprint density at radius 2 is 1.75 bits per heavy atom. The largest absolute Gasteiger partial charge is 0.213 e. The smallest absolute Gasteiger partial charge is 0.207 e. The zero-order valence-corrected chi connectivity index (χ0v) is 13.8. The van der Waals surface area contributed by atoms with Crippen LogP contribution in [0.2, 0.25) is 0 Å². The third kappa shape index (κ3) is 2.74. The van der Waals surface area contributed by atoms with E-state index >= 15 is 0 Å². The van der Waals surface area contributed by atoms with Crippen LogP contribution in [0, 0.1) is 12.7 Å². The van der Waals surface area contributed by atoms with Crippen molar-refractivity contribution in [1.82, 2.24) is 14.6 Å². The maximum atomic E-state index is 12.9. The summed E-state index contributed by atoms with van der Waals surface area (Å²) < 4.78 is 14.8. The SMILES string of the molecule is Cc1c(/C=C/c2ccc(F)cc2)sc2nc(-c3ccccc3)nn12. The second-order valence-corrected chi connectivity index (χ2v) is 6.44. The molecule has 0 radical (unpaired) electrons. The molecule has 24 heavy (non-hydrogen) atoms. The van der Waals surface area contributed by atoms with Gasteiger partial charge >= 0.3 is 0 Å². The Bertz CT molecular complexity index is 1010. The first-order valence-corrected chi connectivity index (χ1v) is 8.37. The highest BCUT2D eigenvalue weighted by atomic mass is 32.1. The van der Waals surface area contributed by atoms with E-state index in [-0.39, 0.29) is 5.82 Å². The molecule has 0 aliphatic rings. The highest BCUT2D eigenvalue weighted by Crippen LogP contribution is 2.26.